The lowest BCUT2D eigenvalue weighted by atomic mass is 9.88. The maximum atomic E-state index is 13.5. The van der Waals surface area contributed by atoms with Crippen molar-refractivity contribution in [3.8, 4) is 0 Å². The van der Waals surface area contributed by atoms with E-state index in [4.69, 9.17) is 4.84 Å². The van der Waals surface area contributed by atoms with Gasteiger partial charge in [0.15, 0.2) is 6.10 Å². The van der Waals surface area contributed by atoms with Crippen molar-refractivity contribution >= 4 is 17.5 Å². The van der Waals surface area contributed by atoms with Gasteiger partial charge in [-0.1, -0.05) is 72.8 Å². The van der Waals surface area contributed by atoms with Crippen LogP contribution in [0.5, 0.6) is 0 Å². The van der Waals surface area contributed by atoms with Crippen molar-refractivity contribution in [2.24, 2.45) is 5.92 Å². The predicted octanol–water partition coefficient (Wildman–Crippen LogP) is 4.04. The third-order valence-electron chi connectivity index (χ3n) is 5.91. The first-order valence-electron chi connectivity index (χ1n) is 10.1. The molecule has 2 aliphatic rings. The second-order valence-corrected chi connectivity index (χ2v) is 7.76. The van der Waals surface area contributed by atoms with Crippen molar-refractivity contribution in [3.05, 3.63) is 102 Å². The standard InChI is InChI=1S/C25H22N2O3/c1-17-10-8-9-15-20(17)22-21-23(30-27(22)19-13-6-3-7-14-19)25(29)26(24(21)28)16-18-11-4-2-5-12-18/h2-15,21-23H,16H2,1H3/t21-,22-,23-/m0/s1. The molecule has 0 saturated carbocycles. The summed E-state index contributed by atoms with van der Waals surface area (Å²) in [6, 6.07) is 26.8. The number of hydrogen-bond donors (Lipinski definition) is 0. The second-order valence-electron chi connectivity index (χ2n) is 7.76. The van der Waals surface area contributed by atoms with Crippen LogP contribution in [0.1, 0.15) is 22.7 Å². The molecule has 3 atom stereocenters. The Bertz CT molecular complexity index is 1080. The number of aryl methyl sites for hydroxylation is 1. The Morgan fingerprint density at radius 3 is 2.13 bits per heavy atom. The Hall–Kier alpha value is -3.44. The largest absolute Gasteiger partial charge is 0.275 e. The predicted molar refractivity (Wildman–Crippen MR) is 113 cm³/mol. The van der Waals surface area contributed by atoms with Gasteiger partial charge < -0.3 is 0 Å². The number of fused-ring (bicyclic) bond motifs is 1. The van der Waals surface area contributed by atoms with E-state index in [-0.39, 0.29) is 24.4 Å². The number of imide groups is 1. The second kappa shape index (κ2) is 7.43. The van der Waals surface area contributed by atoms with Gasteiger partial charge in [-0.3, -0.25) is 19.3 Å². The molecule has 5 nitrogen and oxygen atoms in total. The van der Waals surface area contributed by atoms with E-state index in [1.807, 2.05) is 91.9 Å². The number of para-hydroxylation sites is 1. The van der Waals surface area contributed by atoms with Crippen LogP contribution in [0.2, 0.25) is 0 Å². The van der Waals surface area contributed by atoms with Crippen molar-refractivity contribution in [1.29, 1.82) is 0 Å². The molecule has 2 amide bonds. The summed E-state index contributed by atoms with van der Waals surface area (Å²) in [5.74, 6) is -1.03. The molecule has 2 aliphatic heterocycles. The number of anilines is 1. The fourth-order valence-electron chi connectivity index (χ4n) is 4.43. The summed E-state index contributed by atoms with van der Waals surface area (Å²) in [5.41, 5.74) is 3.81. The van der Waals surface area contributed by atoms with Crippen LogP contribution in [-0.2, 0) is 21.0 Å². The number of carbonyl (C=O) groups is 2. The highest BCUT2D eigenvalue weighted by atomic mass is 16.7. The number of hydrogen-bond acceptors (Lipinski definition) is 4. The van der Waals surface area contributed by atoms with Gasteiger partial charge in [0.2, 0.25) is 5.91 Å². The van der Waals surface area contributed by atoms with Gasteiger partial charge in [0.05, 0.1) is 18.3 Å². The molecule has 2 saturated heterocycles. The summed E-state index contributed by atoms with van der Waals surface area (Å²) in [4.78, 5) is 34.2. The van der Waals surface area contributed by atoms with E-state index in [0.29, 0.717) is 0 Å². The Kier molecular flexibility index (Phi) is 4.60. The average Bonchev–Trinajstić information content (AvgIpc) is 3.27. The topological polar surface area (TPSA) is 49.9 Å². The van der Waals surface area contributed by atoms with Gasteiger partial charge in [0.1, 0.15) is 5.92 Å². The van der Waals surface area contributed by atoms with E-state index < -0.39 is 12.0 Å². The van der Waals surface area contributed by atoms with E-state index in [0.717, 1.165) is 22.4 Å². The van der Waals surface area contributed by atoms with Crippen LogP contribution in [-0.4, -0.2) is 22.8 Å². The first-order chi connectivity index (χ1) is 14.6. The number of rotatable bonds is 4. The SMILES string of the molecule is Cc1ccccc1[C@H]1[C@@H]2C(=O)N(Cc3ccccc3)C(=O)[C@H]2ON1c1ccccc1. The smallest absolute Gasteiger partial charge is 0.262 e. The summed E-state index contributed by atoms with van der Waals surface area (Å²) < 4.78 is 0. The highest BCUT2D eigenvalue weighted by Crippen LogP contribution is 2.47. The van der Waals surface area contributed by atoms with Crippen molar-refractivity contribution in [1.82, 2.24) is 4.90 Å². The van der Waals surface area contributed by atoms with Gasteiger partial charge in [-0.2, -0.15) is 0 Å². The average molecular weight is 398 g/mol. The summed E-state index contributed by atoms with van der Waals surface area (Å²) >= 11 is 0. The quantitative estimate of drug-likeness (QED) is 0.623. The molecule has 2 fully saturated rings. The van der Waals surface area contributed by atoms with Crippen LogP contribution in [0.25, 0.3) is 0 Å². The molecule has 0 spiro atoms. The number of benzene rings is 3. The summed E-state index contributed by atoms with van der Waals surface area (Å²) in [5, 5.41) is 1.74. The molecule has 150 valence electrons. The van der Waals surface area contributed by atoms with Crippen molar-refractivity contribution in [3.63, 3.8) is 0 Å². The van der Waals surface area contributed by atoms with Crippen molar-refractivity contribution in [2.75, 3.05) is 5.06 Å². The monoisotopic (exact) mass is 398 g/mol. The molecule has 5 heteroatoms. The molecule has 0 N–H and O–H groups in total. The fraction of sp³-hybridized carbons (Fsp3) is 0.200. The van der Waals surface area contributed by atoms with Gasteiger partial charge in [-0.25, -0.2) is 5.06 Å². The third-order valence-corrected chi connectivity index (χ3v) is 5.91. The van der Waals surface area contributed by atoms with Crippen LogP contribution in [0, 0.1) is 12.8 Å². The van der Waals surface area contributed by atoms with Crippen LogP contribution < -0.4 is 5.06 Å². The van der Waals surface area contributed by atoms with Gasteiger partial charge in [-0.05, 0) is 35.7 Å². The van der Waals surface area contributed by atoms with E-state index in [1.54, 1.807) is 5.06 Å². The molecule has 0 aliphatic carbocycles. The highest BCUT2D eigenvalue weighted by Gasteiger charge is 2.59. The van der Waals surface area contributed by atoms with E-state index in [2.05, 4.69) is 0 Å². The molecule has 3 aromatic carbocycles. The normalized spacial score (nSPS) is 23.2. The molecule has 0 unspecified atom stereocenters. The number of carbonyl (C=O) groups excluding carboxylic acids is 2. The van der Waals surface area contributed by atoms with Crippen LogP contribution in [0.3, 0.4) is 0 Å². The lowest BCUT2D eigenvalue weighted by Gasteiger charge is -2.29. The van der Waals surface area contributed by atoms with E-state index >= 15 is 0 Å². The zero-order chi connectivity index (χ0) is 20.7. The first-order valence-corrected chi connectivity index (χ1v) is 10.1. The Morgan fingerprint density at radius 2 is 1.43 bits per heavy atom. The van der Waals surface area contributed by atoms with Gasteiger partial charge in [0, 0.05) is 0 Å². The first kappa shape index (κ1) is 18.6. The molecule has 30 heavy (non-hydrogen) atoms. The Balaban J connectivity index is 1.54. The zero-order valence-electron chi connectivity index (χ0n) is 16.6. The molecular formula is C25H22N2O3. The van der Waals surface area contributed by atoms with Crippen molar-refractivity contribution in [2.45, 2.75) is 25.6 Å². The lowest BCUT2D eigenvalue weighted by Crippen LogP contribution is -2.37. The molecule has 5 rings (SSSR count). The van der Waals surface area contributed by atoms with E-state index in [1.165, 1.54) is 4.90 Å². The summed E-state index contributed by atoms with van der Waals surface area (Å²) in [6.07, 6.45) is -0.814. The maximum absolute atomic E-state index is 13.5. The maximum Gasteiger partial charge on any atom is 0.262 e. The minimum absolute atomic E-state index is 0.180. The van der Waals surface area contributed by atoms with E-state index in [9.17, 15) is 9.59 Å². The van der Waals surface area contributed by atoms with Gasteiger partial charge in [-0.15, -0.1) is 0 Å². The summed E-state index contributed by atoms with van der Waals surface area (Å²) in [6.45, 7) is 2.29. The number of nitrogens with zero attached hydrogens (tertiary/aromatic N) is 2. The van der Waals surface area contributed by atoms with Gasteiger partial charge in [0.25, 0.3) is 5.91 Å². The minimum atomic E-state index is -0.814. The van der Waals surface area contributed by atoms with Gasteiger partial charge >= 0.3 is 0 Å². The van der Waals surface area contributed by atoms with Crippen LogP contribution in [0.15, 0.2) is 84.9 Å². The molecule has 0 radical (unpaired) electrons. The highest BCUT2D eigenvalue weighted by molar-refractivity contribution is 6.07. The van der Waals surface area contributed by atoms with Crippen molar-refractivity contribution < 1.29 is 14.4 Å². The fourth-order valence-corrected chi connectivity index (χ4v) is 4.43. The lowest BCUT2D eigenvalue weighted by molar-refractivity contribution is -0.143. The number of amides is 2. The van der Waals surface area contributed by atoms with Crippen LogP contribution >= 0.6 is 0 Å². The number of likely N-dealkylation sites (tertiary alicyclic amines) is 1. The minimum Gasteiger partial charge on any atom is -0.275 e. The molecule has 0 bridgehead atoms. The third kappa shape index (κ3) is 2.99. The zero-order valence-corrected chi connectivity index (χ0v) is 16.6. The molecule has 3 aromatic rings. The molecule has 0 aromatic heterocycles. The number of hydroxylamine groups is 1. The Morgan fingerprint density at radius 1 is 0.800 bits per heavy atom. The molecular weight excluding hydrogens is 376 g/mol. The van der Waals surface area contributed by atoms with Crippen LogP contribution in [0.4, 0.5) is 5.69 Å². The summed E-state index contributed by atoms with van der Waals surface area (Å²) in [7, 11) is 0. The molecule has 2 heterocycles. The Labute approximate surface area is 175 Å².